The number of methoxy groups -OCH3 is 1. The van der Waals surface area contributed by atoms with Crippen LogP contribution < -0.4 is 4.31 Å². The number of nitrogens with zero attached hydrogens (tertiary/aromatic N) is 2. The molecule has 1 heterocycles. The van der Waals surface area contributed by atoms with Crippen LogP contribution in [0.5, 0.6) is 0 Å². The molecule has 0 N–H and O–H groups in total. The Morgan fingerprint density at radius 1 is 1.12 bits per heavy atom. The summed E-state index contributed by atoms with van der Waals surface area (Å²) in [4.78, 5) is 15.6. The van der Waals surface area contributed by atoms with Gasteiger partial charge in [0.2, 0.25) is 0 Å². The van der Waals surface area contributed by atoms with E-state index in [1.54, 1.807) is 66.7 Å². The van der Waals surface area contributed by atoms with E-state index < -0.39 is 16.0 Å². The van der Waals surface area contributed by atoms with Crippen LogP contribution in [0.25, 0.3) is 17.0 Å². The summed E-state index contributed by atoms with van der Waals surface area (Å²) in [7, 11) is -2.48. The normalized spacial score (nSPS) is 13.1. The fraction of sp³-hybridized carbons (Fsp3) is 0.120. The van der Waals surface area contributed by atoms with E-state index in [1.165, 1.54) is 17.5 Å². The Morgan fingerprint density at radius 3 is 2.70 bits per heavy atom. The van der Waals surface area contributed by atoms with Crippen LogP contribution >= 0.6 is 11.6 Å². The average Bonchev–Trinajstić information content (AvgIpc) is 3.26. The van der Waals surface area contributed by atoms with Gasteiger partial charge in [-0.05, 0) is 59.5 Å². The van der Waals surface area contributed by atoms with E-state index in [0.717, 1.165) is 5.56 Å². The molecule has 0 aliphatic carbocycles. The third kappa shape index (κ3) is 4.49. The van der Waals surface area contributed by atoms with E-state index >= 15 is 0 Å². The van der Waals surface area contributed by atoms with Crippen LogP contribution in [0.3, 0.4) is 0 Å². The van der Waals surface area contributed by atoms with Gasteiger partial charge in [-0.15, -0.1) is 0 Å². The van der Waals surface area contributed by atoms with Crippen molar-refractivity contribution in [1.29, 1.82) is 0 Å². The Bertz CT molecular complexity index is 1420. The van der Waals surface area contributed by atoms with Gasteiger partial charge in [-0.1, -0.05) is 48.0 Å². The standard InChI is InChI=1S/C25H19ClN2O4S/c1-27-21-10-8-18(23(16-21)25(29)32-2)7-6-17-4-3-5-22(14-17)33(30,31)28-13-12-19-15-20(26)9-11-24(19)28/h3-11,14-16H,12-13H2,2H3. The van der Waals surface area contributed by atoms with Gasteiger partial charge < -0.3 is 4.74 Å². The van der Waals surface area contributed by atoms with Gasteiger partial charge >= 0.3 is 5.97 Å². The van der Waals surface area contributed by atoms with Crippen molar-refractivity contribution in [1.82, 2.24) is 0 Å². The number of hydrogen-bond donors (Lipinski definition) is 0. The van der Waals surface area contributed by atoms with Crippen LogP contribution in [0.2, 0.25) is 5.02 Å². The zero-order chi connectivity index (χ0) is 23.6. The highest BCUT2D eigenvalue weighted by molar-refractivity contribution is 7.92. The fourth-order valence-corrected chi connectivity index (χ4v) is 5.48. The van der Waals surface area contributed by atoms with Gasteiger partial charge in [0.1, 0.15) is 0 Å². The predicted octanol–water partition coefficient (Wildman–Crippen LogP) is 5.60. The lowest BCUT2D eigenvalue weighted by molar-refractivity contribution is 0.0600. The first-order valence-electron chi connectivity index (χ1n) is 10.0. The number of ether oxygens (including phenoxy) is 1. The van der Waals surface area contributed by atoms with Crippen molar-refractivity contribution < 1.29 is 17.9 Å². The first-order valence-corrected chi connectivity index (χ1v) is 11.8. The summed E-state index contributed by atoms with van der Waals surface area (Å²) < 4.78 is 32.9. The minimum Gasteiger partial charge on any atom is -0.465 e. The first-order chi connectivity index (χ1) is 15.8. The number of carbonyl (C=O) groups is 1. The summed E-state index contributed by atoms with van der Waals surface area (Å²) in [5.74, 6) is -0.552. The molecule has 33 heavy (non-hydrogen) atoms. The first kappa shape index (κ1) is 22.6. The Morgan fingerprint density at radius 2 is 1.94 bits per heavy atom. The van der Waals surface area contributed by atoms with Gasteiger partial charge in [0.15, 0.2) is 5.69 Å². The fourth-order valence-electron chi connectivity index (χ4n) is 3.73. The van der Waals surface area contributed by atoms with Crippen molar-refractivity contribution >= 4 is 51.1 Å². The number of hydrogen-bond acceptors (Lipinski definition) is 4. The molecular weight excluding hydrogens is 460 g/mol. The summed E-state index contributed by atoms with van der Waals surface area (Å²) in [6.45, 7) is 7.50. The van der Waals surface area contributed by atoms with Gasteiger partial charge in [-0.2, -0.15) is 0 Å². The molecule has 1 aliphatic heterocycles. The number of rotatable bonds is 5. The molecule has 166 valence electrons. The molecule has 0 atom stereocenters. The lowest BCUT2D eigenvalue weighted by Gasteiger charge is -2.20. The largest absolute Gasteiger partial charge is 0.465 e. The molecule has 8 heteroatoms. The maximum atomic E-state index is 13.3. The summed E-state index contributed by atoms with van der Waals surface area (Å²) in [5, 5.41) is 0.580. The van der Waals surface area contributed by atoms with Crippen LogP contribution in [0.1, 0.15) is 27.0 Å². The SMILES string of the molecule is [C-]#[N+]c1ccc(C=Cc2cccc(S(=O)(=O)N3CCc4cc(Cl)ccc43)c2)c(C(=O)OC)c1. The van der Waals surface area contributed by atoms with Gasteiger partial charge in [0.25, 0.3) is 10.0 Å². The van der Waals surface area contributed by atoms with Gasteiger partial charge in [-0.25, -0.2) is 18.1 Å². The number of esters is 1. The Kier molecular flexibility index (Phi) is 6.23. The zero-order valence-corrected chi connectivity index (χ0v) is 19.2. The summed E-state index contributed by atoms with van der Waals surface area (Å²) in [6.07, 6.45) is 4.01. The van der Waals surface area contributed by atoms with E-state index in [2.05, 4.69) is 4.85 Å². The molecule has 0 bridgehead atoms. The Labute approximate surface area is 197 Å². The summed E-state index contributed by atoms with van der Waals surface area (Å²) in [6, 6.07) is 16.5. The highest BCUT2D eigenvalue weighted by Gasteiger charge is 2.31. The maximum Gasteiger partial charge on any atom is 0.337 e. The molecule has 0 spiro atoms. The number of anilines is 1. The molecule has 0 unspecified atom stereocenters. The molecule has 0 saturated heterocycles. The van der Waals surface area contributed by atoms with E-state index in [4.69, 9.17) is 22.9 Å². The van der Waals surface area contributed by atoms with Gasteiger partial charge in [0, 0.05) is 11.6 Å². The summed E-state index contributed by atoms with van der Waals surface area (Å²) in [5.41, 5.74) is 3.35. The second kappa shape index (κ2) is 9.10. The van der Waals surface area contributed by atoms with Crippen LogP contribution in [0, 0.1) is 6.57 Å². The third-order valence-electron chi connectivity index (χ3n) is 5.37. The lowest BCUT2D eigenvalue weighted by Crippen LogP contribution is -2.29. The molecule has 0 aromatic heterocycles. The molecule has 0 amide bonds. The highest BCUT2D eigenvalue weighted by atomic mass is 35.5. The number of benzene rings is 3. The zero-order valence-electron chi connectivity index (χ0n) is 17.7. The van der Waals surface area contributed by atoms with Crippen molar-refractivity contribution in [2.75, 3.05) is 18.0 Å². The van der Waals surface area contributed by atoms with Crippen molar-refractivity contribution in [2.24, 2.45) is 0 Å². The minimum absolute atomic E-state index is 0.170. The number of halogens is 1. The number of carbonyl (C=O) groups excluding carboxylic acids is 1. The van der Waals surface area contributed by atoms with Crippen LogP contribution in [-0.2, 0) is 21.2 Å². The molecule has 0 fully saturated rings. The van der Waals surface area contributed by atoms with E-state index in [-0.39, 0.29) is 10.5 Å². The van der Waals surface area contributed by atoms with Gasteiger partial charge in [-0.3, -0.25) is 4.31 Å². The molecule has 6 nitrogen and oxygen atoms in total. The van der Waals surface area contributed by atoms with Gasteiger partial charge in [0.05, 0.1) is 29.8 Å². The second-order valence-electron chi connectivity index (χ2n) is 7.38. The molecule has 1 aliphatic rings. The van der Waals surface area contributed by atoms with E-state index in [1.807, 2.05) is 0 Å². The maximum absolute atomic E-state index is 13.3. The van der Waals surface area contributed by atoms with Crippen molar-refractivity contribution in [3.05, 3.63) is 99.4 Å². The monoisotopic (exact) mass is 478 g/mol. The smallest absolute Gasteiger partial charge is 0.337 e. The third-order valence-corrected chi connectivity index (χ3v) is 7.41. The molecule has 0 radical (unpaired) electrons. The average molecular weight is 479 g/mol. The van der Waals surface area contributed by atoms with Crippen LogP contribution in [0.4, 0.5) is 11.4 Å². The molecule has 3 aromatic carbocycles. The number of fused-ring (bicyclic) bond motifs is 1. The lowest BCUT2D eigenvalue weighted by atomic mass is 10.0. The van der Waals surface area contributed by atoms with E-state index in [9.17, 15) is 13.2 Å². The topological polar surface area (TPSA) is 68.0 Å². The Balaban J connectivity index is 1.66. The number of sulfonamides is 1. The molecule has 0 saturated carbocycles. The van der Waals surface area contributed by atoms with Crippen molar-refractivity contribution in [3.8, 4) is 0 Å². The van der Waals surface area contributed by atoms with E-state index in [0.29, 0.717) is 40.5 Å². The molecule has 4 rings (SSSR count). The molecular formula is C25H19ClN2O4S. The quantitative estimate of drug-likeness (QED) is 0.272. The molecule has 3 aromatic rings. The second-order valence-corrected chi connectivity index (χ2v) is 9.68. The van der Waals surface area contributed by atoms with Crippen molar-refractivity contribution in [3.63, 3.8) is 0 Å². The van der Waals surface area contributed by atoms with Crippen molar-refractivity contribution in [2.45, 2.75) is 11.3 Å². The minimum atomic E-state index is -3.76. The Hall–Kier alpha value is -3.60. The predicted molar refractivity (Wildman–Crippen MR) is 129 cm³/mol. The highest BCUT2D eigenvalue weighted by Crippen LogP contribution is 2.34. The van der Waals surface area contributed by atoms with Crippen LogP contribution in [0.15, 0.2) is 65.6 Å². The summed E-state index contributed by atoms with van der Waals surface area (Å²) >= 11 is 6.05. The van der Waals surface area contributed by atoms with Crippen LogP contribution in [-0.4, -0.2) is 28.0 Å².